The Morgan fingerprint density at radius 3 is 1.57 bits per heavy atom. The van der Waals surface area contributed by atoms with Crippen molar-refractivity contribution in [3.8, 4) is 0 Å². The van der Waals surface area contributed by atoms with E-state index in [2.05, 4.69) is 62.5 Å². The lowest BCUT2D eigenvalue weighted by Crippen LogP contribution is -2.46. The molecule has 0 aliphatic rings. The van der Waals surface area contributed by atoms with Crippen LogP contribution in [-0.2, 0) is 14.3 Å². The smallest absolute Gasteiger partial charge is 0.306 e. The second-order valence-electron chi connectivity index (χ2n) is 15.5. The summed E-state index contributed by atoms with van der Waals surface area (Å²) in [6, 6.07) is -0.713. The lowest BCUT2D eigenvalue weighted by Gasteiger charge is -2.24. The number of aliphatic hydroxyl groups excluding tert-OH is 2. The third-order valence-electron chi connectivity index (χ3n) is 10.2. The summed E-state index contributed by atoms with van der Waals surface area (Å²) in [7, 11) is 0. The molecule has 6 nitrogen and oxygen atoms in total. The van der Waals surface area contributed by atoms with Crippen LogP contribution >= 0.6 is 0 Å². The molecule has 314 valence electrons. The Hall–Kier alpha value is -2.18. The first-order valence-corrected chi connectivity index (χ1v) is 22.9. The van der Waals surface area contributed by atoms with Crippen molar-refractivity contribution in [1.82, 2.24) is 5.32 Å². The van der Waals surface area contributed by atoms with Gasteiger partial charge in [-0.15, -0.1) is 0 Å². The molecule has 3 atom stereocenters. The number of rotatable bonds is 40. The number of esters is 1. The summed E-state index contributed by atoms with van der Waals surface area (Å²) in [6.07, 6.45) is 48.9. The van der Waals surface area contributed by atoms with Crippen molar-refractivity contribution in [3.63, 3.8) is 0 Å². The van der Waals surface area contributed by atoms with Crippen molar-refractivity contribution in [2.45, 2.75) is 238 Å². The molecular formula is C48H87NO5. The highest BCUT2D eigenvalue weighted by Gasteiger charge is 2.24. The lowest BCUT2D eigenvalue weighted by atomic mass is 10.0. The summed E-state index contributed by atoms with van der Waals surface area (Å²) in [5.74, 6) is -0.530. The zero-order chi connectivity index (χ0) is 39.6. The first kappa shape index (κ1) is 51.8. The van der Waals surface area contributed by atoms with Gasteiger partial charge in [0.2, 0.25) is 5.91 Å². The Kier molecular flexibility index (Phi) is 40.3. The minimum absolute atomic E-state index is 0.0484. The molecule has 6 heteroatoms. The van der Waals surface area contributed by atoms with Gasteiger partial charge < -0.3 is 20.3 Å². The van der Waals surface area contributed by atoms with Crippen molar-refractivity contribution in [1.29, 1.82) is 0 Å². The van der Waals surface area contributed by atoms with Gasteiger partial charge in [0.05, 0.1) is 25.2 Å². The van der Waals surface area contributed by atoms with E-state index in [1.54, 1.807) is 0 Å². The Morgan fingerprint density at radius 1 is 0.556 bits per heavy atom. The maximum atomic E-state index is 13.1. The van der Waals surface area contributed by atoms with Crippen LogP contribution in [0, 0.1) is 0 Å². The highest BCUT2D eigenvalue weighted by Crippen LogP contribution is 2.17. The first-order chi connectivity index (χ1) is 26.5. The van der Waals surface area contributed by atoms with Gasteiger partial charge in [0.1, 0.15) is 6.10 Å². The maximum absolute atomic E-state index is 13.1. The zero-order valence-electron chi connectivity index (χ0n) is 35.6. The number of aliphatic hydroxyl groups is 2. The van der Waals surface area contributed by atoms with E-state index in [9.17, 15) is 19.8 Å². The van der Waals surface area contributed by atoms with Crippen molar-refractivity contribution in [3.05, 3.63) is 48.6 Å². The van der Waals surface area contributed by atoms with Gasteiger partial charge in [-0.05, 0) is 70.6 Å². The van der Waals surface area contributed by atoms with E-state index in [4.69, 9.17) is 4.74 Å². The summed E-state index contributed by atoms with van der Waals surface area (Å²) in [6.45, 7) is 6.30. The minimum Gasteiger partial charge on any atom is -0.462 e. The van der Waals surface area contributed by atoms with Crippen LogP contribution in [0.3, 0.4) is 0 Å². The maximum Gasteiger partial charge on any atom is 0.306 e. The highest BCUT2D eigenvalue weighted by molar-refractivity contribution is 5.77. The standard InChI is InChI=1S/C48H87NO5/c1-4-7-10-13-16-19-22-23-26-29-32-35-38-41-48(53)54-44(39-36-33-30-27-24-20-17-14-11-8-5-2)42-47(52)49-45(43-50)46(51)40-37-34-31-28-25-21-18-15-12-9-6-3/h8,11,14,17,20,23-24,26,44-46,50-51H,4-7,9-10,12-13,15-16,18-19,21-22,25,27-43H2,1-3H3,(H,49,52)/b11-8+,17-14+,24-20-,26-23-. The average molecular weight is 758 g/mol. The molecule has 0 aromatic heterocycles. The number of unbranched alkanes of at least 4 members (excludes halogenated alkanes) is 22. The number of allylic oxidation sites excluding steroid dienone is 8. The molecule has 0 bridgehead atoms. The second-order valence-corrected chi connectivity index (χ2v) is 15.5. The van der Waals surface area contributed by atoms with Crippen LogP contribution in [0.15, 0.2) is 48.6 Å². The molecule has 0 aromatic carbocycles. The number of hydrogen-bond acceptors (Lipinski definition) is 5. The van der Waals surface area contributed by atoms with E-state index in [1.165, 1.54) is 89.9 Å². The molecule has 0 radical (unpaired) electrons. The number of carbonyl (C=O) groups is 2. The molecule has 0 saturated heterocycles. The molecule has 54 heavy (non-hydrogen) atoms. The third kappa shape index (κ3) is 36.8. The lowest BCUT2D eigenvalue weighted by molar-refractivity contribution is -0.151. The number of nitrogens with one attached hydrogen (secondary N) is 1. The van der Waals surface area contributed by atoms with Gasteiger partial charge in [-0.2, -0.15) is 0 Å². The summed E-state index contributed by atoms with van der Waals surface area (Å²) >= 11 is 0. The fourth-order valence-electron chi connectivity index (χ4n) is 6.72. The van der Waals surface area contributed by atoms with Gasteiger partial charge in [0.25, 0.3) is 0 Å². The molecule has 0 heterocycles. The minimum atomic E-state index is -0.797. The van der Waals surface area contributed by atoms with Gasteiger partial charge in [-0.1, -0.05) is 185 Å². The van der Waals surface area contributed by atoms with Crippen molar-refractivity contribution in [2.75, 3.05) is 6.61 Å². The SMILES string of the molecule is CC/C=C/C=C/C=C\CCCCCC(CC(=O)NC(CO)C(O)CCCCCCCCCCCCC)OC(=O)CCCCC/C=C\CCCCCCCC. The molecular weight excluding hydrogens is 671 g/mol. The van der Waals surface area contributed by atoms with Crippen LogP contribution in [0.2, 0.25) is 0 Å². The number of carbonyl (C=O) groups excluding carboxylic acids is 2. The summed E-state index contributed by atoms with van der Waals surface area (Å²) < 4.78 is 5.87. The monoisotopic (exact) mass is 758 g/mol. The highest BCUT2D eigenvalue weighted by atomic mass is 16.5. The van der Waals surface area contributed by atoms with Gasteiger partial charge in [-0.25, -0.2) is 0 Å². The summed E-state index contributed by atoms with van der Waals surface area (Å²) in [4.78, 5) is 25.9. The van der Waals surface area contributed by atoms with E-state index in [-0.39, 0.29) is 24.9 Å². The van der Waals surface area contributed by atoms with Crippen LogP contribution in [0.4, 0.5) is 0 Å². The van der Waals surface area contributed by atoms with E-state index in [0.717, 1.165) is 83.5 Å². The van der Waals surface area contributed by atoms with Gasteiger partial charge in [0.15, 0.2) is 0 Å². The Labute approximate surface area is 334 Å². The van der Waals surface area contributed by atoms with Crippen LogP contribution in [-0.4, -0.2) is 46.9 Å². The van der Waals surface area contributed by atoms with Crippen LogP contribution in [0.5, 0.6) is 0 Å². The fraction of sp³-hybridized carbons (Fsp3) is 0.792. The predicted molar refractivity (Wildman–Crippen MR) is 232 cm³/mol. The van der Waals surface area contributed by atoms with E-state index < -0.39 is 18.2 Å². The van der Waals surface area contributed by atoms with Crippen molar-refractivity contribution in [2.24, 2.45) is 0 Å². The Bertz CT molecular complexity index is 941. The molecule has 1 amide bonds. The molecule has 0 aliphatic heterocycles. The number of amides is 1. The van der Waals surface area contributed by atoms with Crippen molar-refractivity contribution < 1.29 is 24.5 Å². The fourth-order valence-corrected chi connectivity index (χ4v) is 6.72. The van der Waals surface area contributed by atoms with Crippen LogP contribution in [0.25, 0.3) is 0 Å². The summed E-state index contributed by atoms with van der Waals surface area (Å²) in [5, 5.41) is 23.6. The second kappa shape index (κ2) is 42.0. The predicted octanol–water partition coefficient (Wildman–Crippen LogP) is 13.1. The molecule has 0 aliphatic carbocycles. The molecule has 0 rings (SSSR count). The number of hydrogen-bond donors (Lipinski definition) is 3. The summed E-state index contributed by atoms with van der Waals surface area (Å²) in [5.41, 5.74) is 0. The van der Waals surface area contributed by atoms with Gasteiger partial charge in [-0.3, -0.25) is 9.59 Å². The van der Waals surface area contributed by atoms with Crippen LogP contribution < -0.4 is 5.32 Å². The Morgan fingerprint density at radius 2 is 1.02 bits per heavy atom. The van der Waals surface area contributed by atoms with E-state index in [1.807, 2.05) is 12.2 Å². The Balaban J connectivity index is 4.65. The average Bonchev–Trinajstić information content (AvgIpc) is 3.16. The molecule has 0 saturated carbocycles. The van der Waals surface area contributed by atoms with E-state index >= 15 is 0 Å². The quantitative estimate of drug-likeness (QED) is 0.0250. The van der Waals surface area contributed by atoms with Crippen molar-refractivity contribution >= 4 is 11.9 Å². The molecule has 3 unspecified atom stereocenters. The molecule has 0 spiro atoms. The topological polar surface area (TPSA) is 95.9 Å². The first-order valence-electron chi connectivity index (χ1n) is 22.9. The van der Waals surface area contributed by atoms with Gasteiger partial charge in [0, 0.05) is 6.42 Å². The molecule has 3 N–H and O–H groups in total. The largest absolute Gasteiger partial charge is 0.462 e. The zero-order valence-corrected chi connectivity index (χ0v) is 35.6. The van der Waals surface area contributed by atoms with Crippen LogP contribution in [0.1, 0.15) is 220 Å². The van der Waals surface area contributed by atoms with E-state index in [0.29, 0.717) is 19.3 Å². The normalized spacial score (nSPS) is 13.8. The third-order valence-corrected chi connectivity index (χ3v) is 10.2. The van der Waals surface area contributed by atoms with Gasteiger partial charge >= 0.3 is 5.97 Å². The molecule has 0 fully saturated rings. The number of ether oxygens (including phenoxy) is 1. The molecule has 0 aromatic rings.